The van der Waals surface area contributed by atoms with Crippen molar-refractivity contribution in [2.45, 2.75) is 31.7 Å². The predicted molar refractivity (Wildman–Crippen MR) is 111 cm³/mol. The molecule has 7 nitrogen and oxygen atoms in total. The van der Waals surface area contributed by atoms with Crippen LogP contribution in [-0.4, -0.2) is 62.3 Å². The van der Waals surface area contributed by atoms with Gasteiger partial charge in [-0.25, -0.2) is 8.42 Å². The number of benzene rings is 1. The Balaban J connectivity index is 1.59. The molecule has 3 rings (SSSR count). The molecule has 0 aromatic heterocycles. The minimum absolute atomic E-state index is 0.0196. The van der Waals surface area contributed by atoms with Gasteiger partial charge in [0.2, 0.25) is 21.8 Å². The van der Waals surface area contributed by atoms with Crippen LogP contribution in [0, 0.1) is 0 Å². The largest absolute Gasteiger partial charge is 0.341 e. The smallest absolute Gasteiger partial charge is 0.242 e. The lowest BCUT2D eigenvalue weighted by atomic mass is 10.1. The van der Waals surface area contributed by atoms with Gasteiger partial charge in [0.15, 0.2) is 0 Å². The van der Waals surface area contributed by atoms with Crippen molar-refractivity contribution in [3.8, 4) is 0 Å². The van der Waals surface area contributed by atoms with E-state index in [0.29, 0.717) is 19.4 Å². The average Bonchev–Trinajstić information content (AvgIpc) is 3.19. The summed E-state index contributed by atoms with van der Waals surface area (Å²) in [5, 5.41) is 1.07. The Morgan fingerprint density at radius 1 is 1.14 bits per heavy atom. The van der Waals surface area contributed by atoms with Crippen molar-refractivity contribution >= 4 is 43.8 Å². The van der Waals surface area contributed by atoms with E-state index in [1.54, 1.807) is 17.0 Å². The fourth-order valence-electron chi connectivity index (χ4n) is 3.42. The van der Waals surface area contributed by atoms with Crippen molar-refractivity contribution in [1.29, 1.82) is 0 Å². The summed E-state index contributed by atoms with van der Waals surface area (Å²) in [6.45, 7) is 1.96. The zero-order valence-electron chi connectivity index (χ0n) is 15.5. The summed E-state index contributed by atoms with van der Waals surface area (Å²) >= 11 is 3.33. The molecule has 2 fully saturated rings. The van der Waals surface area contributed by atoms with Crippen molar-refractivity contribution in [2.24, 2.45) is 0 Å². The highest BCUT2D eigenvalue weighted by molar-refractivity contribution is 9.10. The average molecular weight is 470 g/mol. The number of halogens is 1. The van der Waals surface area contributed by atoms with Crippen molar-refractivity contribution in [3.05, 3.63) is 39.7 Å². The quantitative estimate of drug-likeness (QED) is 0.689. The van der Waals surface area contributed by atoms with Crippen LogP contribution in [0.5, 0.6) is 0 Å². The summed E-state index contributed by atoms with van der Waals surface area (Å²) in [5.74, 6) is -0.399. The number of piperidine rings is 1. The molecule has 0 aliphatic carbocycles. The molecule has 2 aliphatic rings. The van der Waals surface area contributed by atoms with Crippen LogP contribution in [0.25, 0.3) is 6.08 Å². The summed E-state index contributed by atoms with van der Waals surface area (Å²) in [7, 11) is -3.78. The van der Waals surface area contributed by atoms with Gasteiger partial charge in [-0.15, -0.1) is 0 Å². The Kier molecular flexibility index (Phi) is 6.90. The number of rotatable bonds is 6. The molecule has 28 heavy (non-hydrogen) atoms. The van der Waals surface area contributed by atoms with Gasteiger partial charge in [0.25, 0.3) is 0 Å². The highest BCUT2D eigenvalue weighted by Crippen LogP contribution is 2.16. The standard InChI is InChI=1S/C19H24BrN3O4S/c20-16-7-5-15(6-8-16)9-13-28(26,27)21-17-4-3-12-23(19(17)25)14-18(24)22-10-1-2-11-22/h5-9,13,17,21H,1-4,10-12,14H2/b13-9+. The van der Waals surface area contributed by atoms with Crippen LogP contribution < -0.4 is 4.72 Å². The summed E-state index contributed by atoms with van der Waals surface area (Å²) in [6.07, 6.45) is 4.55. The van der Waals surface area contributed by atoms with Gasteiger partial charge in [-0.05, 0) is 49.5 Å². The molecular formula is C19H24BrN3O4S. The molecule has 1 N–H and O–H groups in total. The number of likely N-dealkylation sites (tertiary alicyclic amines) is 2. The van der Waals surface area contributed by atoms with Crippen molar-refractivity contribution < 1.29 is 18.0 Å². The Hall–Kier alpha value is -1.71. The van der Waals surface area contributed by atoms with Gasteiger partial charge in [-0.2, -0.15) is 4.72 Å². The maximum atomic E-state index is 12.7. The molecule has 1 aromatic carbocycles. The second kappa shape index (κ2) is 9.19. The first kappa shape index (κ1) is 21.0. The van der Waals surface area contributed by atoms with E-state index in [4.69, 9.17) is 0 Å². The van der Waals surface area contributed by atoms with Crippen LogP contribution in [0.3, 0.4) is 0 Å². The molecule has 2 heterocycles. The van der Waals surface area contributed by atoms with E-state index in [0.717, 1.165) is 41.4 Å². The number of carbonyl (C=O) groups is 2. The number of nitrogens with one attached hydrogen (secondary N) is 1. The van der Waals surface area contributed by atoms with Crippen LogP contribution in [0.15, 0.2) is 34.1 Å². The molecule has 1 unspecified atom stereocenters. The number of sulfonamides is 1. The second-order valence-corrected chi connectivity index (χ2v) is 9.57. The van der Waals surface area contributed by atoms with Gasteiger partial charge >= 0.3 is 0 Å². The van der Waals surface area contributed by atoms with Gasteiger partial charge in [0.1, 0.15) is 6.04 Å². The van der Waals surface area contributed by atoms with Crippen LogP contribution in [0.4, 0.5) is 0 Å². The van der Waals surface area contributed by atoms with E-state index in [2.05, 4.69) is 20.7 Å². The van der Waals surface area contributed by atoms with Crippen molar-refractivity contribution in [2.75, 3.05) is 26.2 Å². The minimum atomic E-state index is -3.78. The predicted octanol–water partition coefficient (Wildman–Crippen LogP) is 1.95. The van der Waals surface area contributed by atoms with Crippen molar-refractivity contribution in [1.82, 2.24) is 14.5 Å². The second-order valence-electron chi connectivity index (χ2n) is 7.06. The minimum Gasteiger partial charge on any atom is -0.341 e. The summed E-state index contributed by atoms with van der Waals surface area (Å²) in [6, 6.07) is 6.38. The first-order chi connectivity index (χ1) is 13.3. The molecule has 1 aromatic rings. The zero-order valence-corrected chi connectivity index (χ0v) is 17.9. The number of hydrogen-bond acceptors (Lipinski definition) is 4. The fourth-order valence-corrected chi connectivity index (χ4v) is 4.71. The number of amides is 2. The first-order valence-electron chi connectivity index (χ1n) is 9.37. The Morgan fingerprint density at radius 3 is 2.50 bits per heavy atom. The van der Waals surface area contributed by atoms with Gasteiger partial charge in [-0.1, -0.05) is 28.1 Å². The molecule has 0 bridgehead atoms. The lowest BCUT2D eigenvalue weighted by Gasteiger charge is -2.32. The topological polar surface area (TPSA) is 86.8 Å². The Bertz CT molecular complexity index is 848. The van der Waals surface area contributed by atoms with E-state index >= 15 is 0 Å². The van der Waals surface area contributed by atoms with E-state index in [1.807, 2.05) is 12.1 Å². The highest BCUT2D eigenvalue weighted by atomic mass is 79.9. The molecule has 2 aliphatic heterocycles. The molecule has 2 saturated heterocycles. The molecular weight excluding hydrogens is 446 g/mol. The maximum Gasteiger partial charge on any atom is 0.242 e. The molecule has 9 heteroatoms. The zero-order chi connectivity index (χ0) is 20.1. The third kappa shape index (κ3) is 5.65. The lowest BCUT2D eigenvalue weighted by Crippen LogP contribution is -2.54. The van der Waals surface area contributed by atoms with E-state index in [1.165, 1.54) is 11.0 Å². The van der Waals surface area contributed by atoms with Crippen LogP contribution in [-0.2, 0) is 19.6 Å². The van der Waals surface area contributed by atoms with Gasteiger partial charge < -0.3 is 9.80 Å². The van der Waals surface area contributed by atoms with Crippen LogP contribution in [0.2, 0.25) is 0 Å². The normalized spacial score (nSPS) is 20.9. The van der Waals surface area contributed by atoms with Gasteiger partial charge in [0.05, 0.1) is 6.54 Å². The molecule has 152 valence electrons. The third-order valence-corrected chi connectivity index (χ3v) is 6.57. The van der Waals surface area contributed by atoms with E-state index in [9.17, 15) is 18.0 Å². The molecule has 2 amide bonds. The number of hydrogen-bond donors (Lipinski definition) is 1. The first-order valence-corrected chi connectivity index (χ1v) is 11.7. The summed E-state index contributed by atoms with van der Waals surface area (Å²) < 4.78 is 28.1. The van der Waals surface area contributed by atoms with Gasteiger partial charge in [0, 0.05) is 29.5 Å². The Morgan fingerprint density at radius 2 is 1.82 bits per heavy atom. The van der Waals surface area contributed by atoms with Gasteiger partial charge in [-0.3, -0.25) is 9.59 Å². The molecule has 0 saturated carbocycles. The number of nitrogens with zero attached hydrogens (tertiary/aromatic N) is 2. The molecule has 1 atom stereocenters. The molecule has 0 spiro atoms. The van der Waals surface area contributed by atoms with E-state index in [-0.39, 0.29) is 18.4 Å². The van der Waals surface area contributed by atoms with Crippen LogP contribution >= 0.6 is 15.9 Å². The highest BCUT2D eigenvalue weighted by Gasteiger charge is 2.33. The van der Waals surface area contributed by atoms with E-state index < -0.39 is 16.1 Å². The monoisotopic (exact) mass is 469 g/mol. The maximum absolute atomic E-state index is 12.7. The summed E-state index contributed by atoms with van der Waals surface area (Å²) in [5.41, 5.74) is 0.737. The molecule has 0 radical (unpaired) electrons. The fraction of sp³-hybridized carbons (Fsp3) is 0.474. The SMILES string of the molecule is O=C(CN1CCCC(NS(=O)(=O)/C=C/c2ccc(Br)cc2)C1=O)N1CCCC1. The summed E-state index contributed by atoms with van der Waals surface area (Å²) in [4.78, 5) is 28.2. The lowest BCUT2D eigenvalue weighted by molar-refractivity contribution is -0.142. The Labute approximate surface area is 173 Å². The third-order valence-electron chi connectivity index (χ3n) is 4.93. The van der Waals surface area contributed by atoms with Crippen molar-refractivity contribution in [3.63, 3.8) is 0 Å². The van der Waals surface area contributed by atoms with Crippen LogP contribution in [0.1, 0.15) is 31.2 Å². The number of carbonyl (C=O) groups excluding carboxylic acids is 2.